The molecule has 0 atom stereocenters. The zero-order valence-corrected chi connectivity index (χ0v) is 15.7. The summed E-state index contributed by atoms with van der Waals surface area (Å²) in [5.41, 5.74) is 6.50. The predicted molar refractivity (Wildman–Crippen MR) is 109 cm³/mol. The van der Waals surface area contributed by atoms with Crippen LogP contribution in [0.3, 0.4) is 0 Å². The van der Waals surface area contributed by atoms with Crippen LogP contribution in [0.25, 0.3) is 22.4 Å². The van der Waals surface area contributed by atoms with Crippen LogP contribution >= 0.6 is 0 Å². The fraction of sp³-hybridized carbons (Fsp3) is 0.182. The summed E-state index contributed by atoms with van der Waals surface area (Å²) < 4.78 is 2.14. The number of aryl methyl sites for hydroxylation is 1. The first-order valence-electron chi connectivity index (χ1n) is 9.10. The molecule has 2 N–H and O–H groups in total. The van der Waals surface area contributed by atoms with Crippen LogP contribution in [0.15, 0.2) is 54.6 Å². The molecule has 2 aromatic carbocycles. The van der Waals surface area contributed by atoms with Crippen LogP contribution in [-0.4, -0.2) is 20.4 Å². The van der Waals surface area contributed by atoms with E-state index in [1.165, 1.54) is 0 Å². The number of nitrogens with one attached hydrogen (secondary N) is 2. The van der Waals surface area contributed by atoms with Crippen molar-refractivity contribution in [3.63, 3.8) is 0 Å². The molecular formula is C22H22N4O. The number of amides is 1. The molecule has 0 saturated carbocycles. The molecule has 5 nitrogen and oxygen atoms in total. The van der Waals surface area contributed by atoms with Crippen molar-refractivity contribution in [3.8, 4) is 11.4 Å². The van der Waals surface area contributed by atoms with Gasteiger partial charge in [-0.1, -0.05) is 12.1 Å². The molecule has 4 rings (SSSR count). The summed E-state index contributed by atoms with van der Waals surface area (Å²) in [4.78, 5) is 20.6. The third kappa shape index (κ3) is 3.12. The molecule has 5 heteroatoms. The van der Waals surface area contributed by atoms with Crippen molar-refractivity contribution in [2.75, 3.05) is 5.32 Å². The smallest absolute Gasteiger partial charge is 0.257 e. The Morgan fingerprint density at radius 3 is 2.52 bits per heavy atom. The van der Waals surface area contributed by atoms with Gasteiger partial charge in [-0.2, -0.15) is 0 Å². The van der Waals surface area contributed by atoms with Crippen LogP contribution in [0.1, 0.15) is 28.7 Å². The van der Waals surface area contributed by atoms with Gasteiger partial charge in [0, 0.05) is 29.2 Å². The van der Waals surface area contributed by atoms with E-state index < -0.39 is 0 Å². The summed E-state index contributed by atoms with van der Waals surface area (Å²) in [7, 11) is 0. The third-order valence-electron chi connectivity index (χ3n) is 4.94. The zero-order valence-electron chi connectivity index (χ0n) is 15.7. The first kappa shape index (κ1) is 17.1. The number of benzene rings is 2. The maximum absolute atomic E-state index is 12.6. The minimum absolute atomic E-state index is 0.0840. The number of aromatic amines is 1. The molecule has 0 aliphatic heterocycles. The third-order valence-corrected chi connectivity index (χ3v) is 4.94. The summed E-state index contributed by atoms with van der Waals surface area (Å²) in [5, 5.41) is 2.99. The molecule has 0 spiro atoms. The Balaban J connectivity index is 1.55. The monoisotopic (exact) mass is 358 g/mol. The number of rotatable bonds is 4. The Morgan fingerprint density at radius 2 is 1.85 bits per heavy atom. The van der Waals surface area contributed by atoms with E-state index in [9.17, 15) is 4.79 Å². The van der Waals surface area contributed by atoms with Gasteiger partial charge in [0.25, 0.3) is 5.91 Å². The highest BCUT2D eigenvalue weighted by atomic mass is 16.1. The summed E-state index contributed by atoms with van der Waals surface area (Å²) >= 11 is 0. The molecule has 0 saturated heterocycles. The number of carbonyl (C=O) groups is 1. The van der Waals surface area contributed by atoms with Crippen molar-refractivity contribution in [1.82, 2.24) is 14.5 Å². The van der Waals surface area contributed by atoms with E-state index in [0.717, 1.165) is 51.6 Å². The van der Waals surface area contributed by atoms with Crippen molar-refractivity contribution in [2.24, 2.45) is 0 Å². The Morgan fingerprint density at radius 1 is 1.11 bits per heavy atom. The van der Waals surface area contributed by atoms with Gasteiger partial charge in [0.15, 0.2) is 0 Å². The topological polar surface area (TPSA) is 62.7 Å². The lowest BCUT2D eigenvalue weighted by atomic mass is 10.2. The summed E-state index contributed by atoms with van der Waals surface area (Å²) in [6.45, 7) is 6.95. The van der Waals surface area contributed by atoms with Crippen molar-refractivity contribution in [1.29, 1.82) is 0 Å². The minimum Gasteiger partial charge on any atom is -0.349 e. The van der Waals surface area contributed by atoms with E-state index in [4.69, 9.17) is 0 Å². The summed E-state index contributed by atoms with van der Waals surface area (Å²) in [5.74, 6) is 0.736. The van der Waals surface area contributed by atoms with Gasteiger partial charge in [-0.05, 0) is 63.2 Å². The number of aromatic nitrogens is 3. The maximum atomic E-state index is 12.6. The number of para-hydroxylation sites is 2. The number of hydrogen-bond acceptors (Lipinski definition) is 2. The molecule has 0 aliphatic rings. The van der Waals surface area contributed by atoms with E-state index in [1.807, 2.05) is 68.4 Å². The minimum atomic E-state index is -0.0840. The molecule has 2 heterocycles. The Kier molecular flexibility index (Phi) is 4.28. The second kappa shape index (κ2) is 6.76. The number of anilines is 1. The second-order valence-electron chi connectivity index (χ2n) is 6.66. The Bertz CT molecular complexity index is 1090. The average molecular weight is 358 g/mol. The van der Waals surface area contributed by atoms with Gasteiger partial charge >= 0.3 is 0 Å². The van der Waals surface area contributed by atoms with Crippen molar-refractivity contribution in [2.45, 2.75) is 27.3 Å². The van der Waals surface area contributed by atoms with Gasteiger partial charge in [0.2, 0.25) is 0 Å². The van der Waals surface area contributed by atoms with Gasteiger partial charge in [0.05, 0.1) is 16.6 Å². The average Bonchev–Trinajstić information content (AvgIpc) is 3.23. The first-order valence-corrected chi connectivity index (χ1v) is 9.10. The fourth-order valence-corrected chi connectivity index (χ4v) is 3.52. The van der Waals surface area contributed by atoms with Crippen molar-refractivity contribution >= 4 is 22.6 Å². The highest BCUT2D eigenvalue weighted by Gasteiger charge is 2.15. The number of imidazole rings is 1. The molecule has 4 aromatic rings. The molecule has 136 valence electrons. The SMILES string of the molecule is CCn1c(C)cc(C(=O)Nc2ccc(-c3nc4ccccc4[nH]3)cc2)c1C. The largest absolute Gasteiger partial charge is 0.349 e. The van der Waals surface area contributed by atoms with Gasteiger partial charge in [0.1, 0.15) is 5.82 Å². The summed E-state index contributed by atoms with van der Waals surface area (Å²) in [6.07, 6.45) is 0. The normalized spacial score (nSPS) is 11.1. The second-order valence-corrected chi connectivity index (χ2v) is 6.66. The zero-order chi connectivity index (χ0) is 19.0. The Hall–Kier alpha value is -3.34. The number of nitrogens with zero attached hydrogens (tertiary/aromatic N) is 2. The first-order chi connectivity index (χ1) is 13.1. The van der Waals surface area contributed by atoms with Crippen molar-refractivity contribution in [3.05, 3.63) is 71.5 Å². The highest BCUT2D eigenvalue weighted by molar-refractivity contribution is 6.05. The lowest BCUT2D eigenvalue weighted by molar-refractivity contribution is 0.102. The standard InChI is InChI=1S/C22H22N4O/c1-4-26-14(2)13-18(15(26)3)22(27)23-17-11-9-16(10-12-17)21-24-19-7-5-6-8-20(19)25-21/h5-13H,4H2,1-3H3,(H,23,27)(H,24,25). The van der Waals surface area contributed by atoms with Gasteiger partial charge < -0.3 is 14.9 Å². The van der Waals surface area contributed by atoms with Crippen molar-refractivity contribution < 1.29 is 4.79 Å². The van der Waals surface area contributed by atoms with E-state index in [-0.39, 0.29) is 5.91 Å². The van der Waals surface area contributed by atoms with E-state index in [1.54, 1.807) is 0 Å². The molecule has 1 amide bonds. The van der Waals surface area contributed by atoms with Crippen LogP contribution in [0, 0.1) is 13.8 Å². The number of H-pyrrole nitrogens is 1. The van der Waals surface area contributed by atoms with E-state index in [2.05, 4.69) is 26.8 Å². The predicted octanol–water partition coefficient (Wildman–Crippen LogP) is 4.92. The quantitative estimate of drug-likeness (QED) is 0.544. The molecule has 0 radical (unpaired) electrons. The molecule has 0 unspecified atom stereocenters. The number of carbonyl (C=O) groups excluding carboxylic acids is 1. The van der Waals surface area contributed by atoms with Crippen LogP contribution < -0.4 is 5.32 Å². The van der Waals surface area contributed by atoms with Gasteiger partial charge in [-0.25, -0.2) is 4.98 Å². The Labute approximate surface area is 158 Å². The lowest BCUT2D eigenvalue weighted by Gasteiger charge is -2.07. The van der Waals surface area contributed by atoms with Crippen LogP contribution in [0.4, 0.5) is 5.69 Å². The van der Waals surface area contributed by atoms with E-state index >= 15 is 0 Å². The van der Waals surface area contributed by atoms with Crippen LogP contribution in [-0.2, 0) is 6.54 Å². The molecular weight excluding hydrogens is 336 g/mol. The fourth-order valence-electron chi connectivity index (χ4n) is 3.52. The number of hydrogen-bond donors (Lipinski definition) is 2. The molecule has 27 heavy (non-hydrogen) atoms. The molecule has 0 bridgehead atoms. The van der Waals surface area contributed by atoms with Gasteiger partial charge in [-0.15, -0.1) is 0 Å². The highest BCUT2D eigenvalue weighted by Crippen LogP contribution is 2.23. The van der Waals surface area contributed by atoms with Crippen LogP contribution in [0.2, 0.25) is 0 Å². The van der Waals surface area contributed by atoms with E-state index in [0.29, 0.717) is 0 Å². The summed E-state index contributed by atoms with van der Waals surface area (Å²) in [6, 6.07) is 17.6. The number of fused-ring (bicyclic) bond motifs is 1. The maximum Gasteiger partial charge on any atom is 0.257 e. The lowest BCUT2D eigenvalue weighted by Crippen LogP contribution is -2.13. The molecule has 0 fully saturated rings. The molecule has 0 aliphatic carbocycles. The molecule has 2 aromatic heterocycles. The van der Waals surface area contributed by atoms with Crippen LogP contribution in [0.5, 0.6) is 0 Å². The van der Waals surface area contributed by atoms with Gasteiger partial charge in [-0.3, -0.25) is 4.79 Å².